The van der Waals surface area contributed by atoms with Gasteiger partial charge in [-0.1, -0.05) is 28.9 Å². The molecule has 0 spiro atoms. The number of aliphatic hydroxyl groups is 1. The molecule has 25 heavy (non-hydrogen) atoms. The molecule has 0 aromatic rings. The third kappa shape index (κ3) is 14.2. The zero-order chi connectivity index (χ0) is 19.2. The minimum Gasteiger partial charge on any atom is -0.458 e. The number of hydrogen-bond acceptors (Lipinski definition) is 5. The second-order valence-corrected chi connectivity index (χ2v) is 6.44. The van der Waals surface area contributed by atoms with Crippen LogP contribution in [-0.2, 0) is 19.1 Å². The first-order valence-corrected chi connectivity index (χ1v) is 8.65. The first-order chi connectivity index (χ1) is 11.7. The third-order valence-corrected chi connectivity index (χ3v) is 3.43. The number of hydrogen-bond donors (Lipinski definition) is 1. The lowest BCUT2D eigenvalue weighted by Crippen LogP contribution is -2.27. The highest BCUT2D eigenvalue weighted by Gasteiger charge is 2.13. The fourth-order valence-corrected chi connectivity index (χ4v) is 2.09. The van der Waals surface area contributed by atoms with Gasteiger partial charge in [0.15, 0.2) is 6.10 Å². The molecule has 0 aliphatic rings. The van der Waals surface area contributed by atoms with Crippen LogP contribution in [0.25, 0.3) is 0 Å². The van der Waals surface area contributed by atoms with Gasteiger partial charge >= 0.3 is 11.9 Å². The Morgan fingerprint density at radius 3 is 2.12 bits per heavy atom. The average molecular weight is 352 g/mol. The number of esters is 2. The summed E-state index contributed by atoms with van der Waals surface area (Å²) in [5.74, 6) is -1.01. The SMILES string of the molecule is CC(=O)OC(CO)COC(=O)/C=C(\C)CC/C=C(\C)CCC=C(C)C. The van der Waals surface area contributed by atoms with Gasteiger partial charge in [-0.25, -0.2) is 4.79 Å². The fraction of sp³-hybridized carbons (Fsp3) is 0.600. The largest absolute Gasteiger partial charge is 0.458 e. The molecule has 5 nitrogen and oxygen atoms in total. The predicted molar refractivity (Wildman–Crippen MR) is 99.0 cm³/mol. The van der Waals surface area contributed by atoms with Crippen LogP contribution in [0.15, 0.2) is 34.9 Å². The van der Waals surface area contributed by atoms with Crippen LogP contribution in [0.1, 0.15) is 60.3 Å². The summed E-state index contributed by atoms with van der Waals surface area (Å²) in [5, 5.41) is 9.04. The Kier molecular flexibility index (Phi) is 12.4. The monoisotopic (exact) mass is 352 g/mol. The van der Waals surface area contributed by atoms with Gasteiger partial charge < -0.3 is 14.6 Å². The van der Waals surface area contributed by atoms with Crippen molar-refractivity contribution in [2.45, 2.75) is 66.4 Å². The quantitative estimate of drug-likeness (QED) is 0.347. The van der Waals surface area contributed by atoms with Gasteiger partial charge in [0.2, 0.25) is 0 Å². The minimum atomic E-state index is -0.818. The van der Waals surface area contributed by atoms with E-state index in [1.54, 1.807) is 0 Å². The minimum absolute atomic E-state index is 0.151. The molecule has 0 heterocycles. The van der Waals surface area contributed by atoms with E-state index in [4.69, 9.17) is 14.6 Å². The molecule has 0 saturated heterocycles. The van der Waals surface area contributed by atoms with Crippen molar-refractivity contribution < 1.29 is 24.2 Å². The number of carbonyl (C=O) groups is 2. The van der Waals surface area contributed by atoms with E-state index < -0.39 is 18.0 Å². The van der Waals surface area contributed by atoms with Crippen LogP contribution in [0.5, 0.6) is 0 Å². The molecule has 0 bridgehead atoms. The van der Waals surface area contributed by atoms with Gasteiger partial charge in [-0.2, -0.15) is 0 Å². The van der Waals surface area contributed by atoms with Crippen molar-refractivity contribution in [2.75, 3.05) is 13.2 Å². The Labute approximate surface area is 151 Å². The first-order valence-electron chi connectivity index (χ1n) is 8.65. The van der Waals surface area contributed by atoms with E-state index in [9.17, 15) is 9.59 Å². The Bertz CT molecular complexity index is 510. The van der Waals surface area contributed by atoms with Crippen molar-refractivity contribution in [1.29, 1.82) is 0 Å². The summed E-state index contributed by atoms with van der Waals surface area (Å²) in [6.45, 7) is 8.90. The molecular weight excluding hydrogens is 320 g/mol. The maximum atomic E-state index is 11.7. The van der Waals surface area contributed by atoms with Crippen LogP contribution in [0.2, 0.25) is 0 Å². The summed E-state index contributed by atoms with van der Waals surface area (Å²) >= 11 is 0. The fourth-order valence-electron chi connectivity index (χ4n) is 2.09. The van der Waals surface area contributed by atoms with Gasteiger partial charge in [-0.15, -0.1) is 0 Å². The lowest BCUT2D eigenvalue weighted by Gasteiger charge is -2.13. The lowest BCUT2D eigenvalue weighted by atomic mass is 10.1. The lowest BCUT2D eigenvalue weighted by molar-refractivity contribution is -0.157. The molecule has 1 N–H and O–H groups in total. The summed E-state index contributed by atoms with van der Waals surface area (Å²) in [7, 11) is 0. The highest BCUT2D eigenvalue weighted by Crippen LogP contribution is 2.11. The predicted octanol–water partition coefficient (Wildman–Crippen LogP) is 3.87. The second kappa shape index (κ2) is 13.4. The second-order valence-electron chi connectivity index (χ2n) is 6.44. The molecule has 0 fully saturated rings. The first kappa shape index (κ1) is 23.1. The molecule has 1 unspecified atom stereocenters. The van der Waals surface area contributed by atoms with Crippen molar-refractivity contribution in [1.82, 2.24) is 0 Å². The highest BCUT2D eigenvalue weighted by atomic mass is 16.6. The third-order valence-electron chi connectivity index (χ3n) is 3.43. The van der Waals surface area contributed by atoms with Crippen LogP contribution in [0.4, 0.5) is 0 Å². The van der Waals surface area contributed by atoms with Crippen molar-refractivity contribution in [2.24, 2.45) is 0 Å². The van der Waals surface area contributed by atoms with Gasteiger partial charge in [0, 0.05) is 13.0 Å². The molecule has 1 atom stereocenters. The maximum Gasteiger partial charge on any atom is 0.330 e. The number of carbonyl (C=O) groups excluding carboxylic acids is 2. The number of rotatable bonds is 11. The number of ether oxygens (including phenoxy) is 2. The van der Waals surface area contributed by atoms with E-state index in [1.165, 1.54) is 24.1 Å². The van der Waals surface area contributed by atoms with Gasteiger partial charge in [0.05, 0.1) is 6.61 Å². The number of aliphatic hydroxyl groups excluding tert-OH is 1. The Hall–Kier alpha value is -1.88. The molecule has 0 rings (SSSR count). The molecule has 0 aromatic carbocycles. The van der Waals surface area contributed by atoms with Crippen LogP contribution in [0, 0.1) is 0 Å². The van der Waals surface area contributed by atoms with Gasteiger partial charge in [-0.3, -0.25) is 4.79 Å². The Morgan fingerprint density at radius 2 is 1.56 bits per heavy atom. The molecular formula is C20H32O5. The highest BCUT2D eigenvalue weighted by molar-refractivity contribution is 5.82. The maximum absolute atomic E-state index is 11.7. The molecule has 0 aliphatic carbocycles. The van der Waals surface area contributed by atoms with Crippen molar-refractivity contribution >= 4 is 11.9 Å². The standard InChI is InChI=1S/C20H32O5/c1-15(2)8-6-9-16(3)10-7-11-17(4)12-20(23)24-14-19(13-21)25-18(5)22/h8,10,12,19,21H,6-7,9,11,13-14H2,1-5H3/b16-10+,17-12+. The summed E-state index contributed by atoms with van der Waals surface area (Å²) in [4.78, 5) is 22.5. The Balaban J connectivity index is 4.19. The summed E-state index contributed by atoms with van der Waals surface area (Å²) in [6.07, 6.45) is 8.81. The zero-order valence-electron chi connectivity index (χ0n) is 16.1. The van der Waals surface area contributed by atoms with Gasteiger partial charge in [0.25, 0.3) is 0 Å². The summed E-state index contributed by atoms with van der Waals surface area (Å²) < 4.78 is 9.79. The van der Waals surface area contributed by atoms with Crippen molar-refractivity contribution in [3.63, 3.8) is 0 Å². The smallest absolute Gasteiger partial charge is 0.330 e. The normalized spacial score (nSPS) is 13.2. The summed E-state index contributed by atoms with van der Waals surface area (Å²) in [5.41, 5.74) is 3.61. The van der Waals surface area contributed by atoms with E-state index in [0.29, 0.717) is 0 Å². The van der Waals surface area contributed by atoms with E-state index in [-0.39, 0.29) is 13.2 Å². The zero-order valence-corrected chi connectivity index (χ0v) is 16.1. The molecule has 0 saturated carbocycles. The van der Waals surface area contributed by atoms with Gasteiger partial charge in [0.1, 0.15) is 6.61 Å². The molecule has 5 heteroatoms. The Morgan fingerprint density at radius 1 is 0.960 bits per heavy atom. The van der Waals surface area contributed by atoms with Crippen LogP contribution < -0.4 is 0 Å². The van der Waals surface area contributed by atoms with Crippen LogP contribution in [-0.4, -0.2) is 36.4 Å². The van der Waals surface area contributed by atoms with Crippen LogP contribution in [0.3, 0.4) is 0 Å². The molecule has 0 aromatic heterocycles. The van der Waals surface area contributed by atoms with E-state index >= 15 is 0 Å². The molecule has 0 radical (unpaired) electrons. The van der Waals surface area contributed by atoms with Crippen LogP contribution >= 0.6 is 0 Å². The van der Waals surface area contributed by atoms with E-state index in [0.717, 1.165) is 31.3 Å². The van der Waals surface area contributed by atoms with E-state index in [2.05, 4.69) is 32.9 Å². The average Bonchev–Trinajstić information content (AvgIpc) is 2.50. The topological polar surface area (TPSA) is 72.8 Å². The molecule has 0 amide bonds. The van der Waals surface area contributed by atoms with Gasteiger partial charge in [-0.05, 0) is 53.4 Å². The van der Waals surface area contributed by atoms with Crippen molar-refractivity contribution in [3.8, 4) is 0 Å². The molecule has 142 valence electrons. The molecule has 0 aliphatic heterocycles. The van der Waals surface area contributed by atoms with E-state index in [1.807, 2.05) is 6.92 Å². The van der Waals surface area contributed by atoms with Crippen molar-refractivity contribution in [3.05, 3.63) is 34.9 Å². The number of allylic oxidation sites excluding steroid dienone is 5. The summed E-state index contributed by atoms with van der Waals surface area (Å²) in [6, 6.07) is 0.